The van der Waals surface area contributed by atoms with E-state index in [0.717, 1.165) is 38.2 Å². The number of hydrogen-bond acceptors (Lipinski definition) is 4. The Balaban J connectivity index is 1.66. The Bertz CT molecular complexity index is 507. The first kappa shape index (κ1) is 15.5. The van der Waals surface area contributed by atoms with Crippen molar-refractivity contribution in [3.05, 3.63) is 29.8 Å². The third-order valence-electron chi connectivity index (χ3n) is 3.80. The molecule has 1 aliphatic rings. The van der Waals surface area contributed by atoms with E-state index < -0.39 is 0 Å². The van der Waals surface area contributed by atoms with Gasteiger partial charge < -0.3 is 15.3 Å². The van der Waals surface area contributed by atoms with Crippen LogP contribution in [0.25, 0.3) is 0 Å². The van der Waals surface area contributed by atoms with Crippen LogP contribution >= 0.6 is 0 Å². The first-order valence-electron chi connectivity index (χ1n) is 7.34. The van der Waals surface area contributed by atoms with Gasteiger partial charge in [-0.2, -0.15) is 5.26 Å². The smallest absolute Gasteiger partial charge is 0.224 e. The zero-order valence-corrected chi connectivity index (χ0v) is 12.1. The highest BCUT2D eigenvalue weighted by Crippen LogP contribution is 2.16. The van der Waals surface area contributed by atoms with Gasteiger partial charge in [-0.15, -0.1) is 0 Å². The third kappa shape index (κ3) is 4.85. The quantitative estimate of drug-likeness (QED) is 0.833. The van der Waals surface area contributed by atoms with Crippen molar-refractivity contribution in [1.29, 1.82) is 5.26 Å². The third-order valence-corrected chi connectivity index (χ3v) is 3.80. The molecule has 1 heterocycles. The maximum Gasteiger partial charge on any atom is 0.224 e. The van der Waals surface area contributed by atoms with E-state index in [1.165, 1.54) is 0 Å². The molecule has 112 valence electrons. The highest BCUT2D eigenvalue weighted by Gasteiger charge is 2.21. The van der Waals surface area contributed by atoms with E-state index in [0.29, 0.717) is 17.9 Å². The summed E-state index contributed by atoms with van der Waals surface area (Å²) in [6.07, 6.45) is 2.36. The topological polar surface area (TPSA) is 76.4 Å². The molecule has 1 amide bonds. The number of aliphatic hydroxyl groups excluding tert-OH is 1. The van der Waals surface area contributed by atoms with Crippen molar-refractivity contribution in [3.8, 4) is 6.07 Å². The summed E-state index contributed by atoms with van der Waals surface area (Å²) in [4.78, 5) is 14.1. The van der Waals surface area contributed by atoms with Crippen molar-refractivity contribution in [3.63, 3.8) is 0 Å². The van der Waals surface area contributed by atoms with Crippen LogP contribution in [0.2, 0.25) is 0 Å². The fraction of sp³-hybridized carbons (Fsp3) is 0.500. The second kappa shape index (κ2) is 7.77. The SMILES string of the molecule is N#Cc1ccc(NC(=O)CCCN2CCC(CO)C2)cc1. The first-order chi connectivity index (χ1) is 10.2. The number of nitrogens with one attached hydrogen (secondary N) is 1. The first-order valence-corrected chi connectivity index (χ1v) is 7.34. The van der Waals surface area contributed by atoms with E-state index in [4.69, 9.17) is 10.4 Å². The molecule has 0 saturated carbocycles. The number of amides is 1. The number of nitriles is 1. The second-order valence-electron chi connectivity index (χ2n) is 5.48. The average Bonchev–Trinajstić information content (AvgIpc) is 2.96. The molecule has 1 fully saturated rings. The standard InChI is InChI=1S/C16H21N3O2/c17-10-13-3-5-15(6-4-13)18-16(21)2-1-8-19-9-7-14(11-19)12-20/h3-6,14,20H,1-2,7-9,11-12H2,(H,18,21). The fourth-order valence-corrected chi connectivity index (χ4v) is 2.58. The van der Waals surface area contributed by atoms with Gasteiger partial charge in [0.15, 0.2) is 0 Å². The molecular formula is C16H21N3O2. The lowest BCUT2D eigenvalue weighted by Crippen LogP contribution is -2.24. The summed E-state index contributed by atoms with van der Waals surface area (Å²) in [5, 5.41) is 20.6. The number of benzene rings is 1. The lowest BCUT2D eigenvalue weighted by atomic mass is 10.1. The van der Waals surface area contributed by atoms with Crippen molar-refractivity contribution in [2.24, 2.45) is 5.92 Å². The number of rotatable bonds is 6. The Labute approximate surface area is 125 Å². The van der Waals surface area contributed by atoms with Crippen LogP contribution in [0.15, 0.2) is 24.3 Å². The number of likely N-dealkylation sites (tertiary alicyclic amines) is 1. The molecule has 2 N–H and O–H groups in total. The highest BCUT2D eigenvalue weighted by molar-refractivity contribution is 5.90. The van der Waals surface area contributed by atoms with Gasteiger partial charge in [0.25, 0.3) is 0 Å². The number of hydrogen-bond donors (Lipinski definition) is 2. The van der Waals surface area contributed by atoms with Crippen LogP contribution in [-0.2, 0) is 4.79 Å². The van der Waals surface area contributed by atoms with Crippen molar-refractivity contribution < 1.29 is 9.90 Å². The van der Waals surface area contributed by atoms with Crippen LogP contribution in [0.5, 0.6) is 0 Å². The van der Waals surface area contributed by atoms with E-state index >= 15 is 0 Å². The number of carbonyl (C=O) groups excluding carboxylic acids is 1. The molecule has 5 heteroatoms. The molecule has 1 unspecified atom stereocenters. The summed E-state index contributed by atoms with van der Waals surface area (Å²) in [5.41, 5.74) is 1.31. The fourth-order valence-electron chi connectivity index (χ4n) is 2.58. The number of carbonyl (C=O) groups is 1. The Morgan fingerprint density at radius 3 is 2.81 bits per heavy atom. The normalized spacial score (nSPS) is 18.4. The van der Waals surface area contributed by atoms with Crippen LogP contribution in [0, 0.1) is 17.2 Å². The van der Waals surface area contributed by atoms with Crippen LogP contribution in [0.1, 0.15) is 24.8 Å². The van der Waals surface area contributed by atoms with Crippen molar-refractivity contribution in [1.82, 2.24) is 4.90 Å². The molecule has 2 rings (SSSR count). The molecule has 1 aliphatic heterocycles. The summed E-state index contributed by atoms with van der Waals surface area (Å²) in [5.74, 6) is 0.398. The molecule has 1 aromatic rings. The Morgan fingerprint density at radius 2 is 2.19 bits per heavy atom. The zero-order chi connectivity index (χ0) is 15.1. The van der Waals surface area contributed by atoms with E-state index in [2.05, 4.69) is 10.2 Å². The Morgan fingerprint density at radius 1 is 1.43 bits per heavy atom. The molecule has 0 aliphatic carbocycles. The minimum Gasteiger partial charge on any atom is -0.396 e. The highest BCUT2D eigenvalue weighted by atomic mass is 16.3. The van der Waals surface area contributed by atoms with Crippen LogP contribution in [-0.4, -0.2) is 42.2 Å². The van der Waals surface area contributed by atoms with Gasteiger partial charge in [0, 0.05) is 25.3 Å². The molecule has 1 saturated heterocycles. The predicted molar refractivity (Wildman–Crippen MR) is 80.7 cm³/mol. The number of aliphatic hydroxyl groups is 1. The molecule has 21 heavy (non-hydrogen) atoms. The van der Waals surface area contributed by atoms with Gasteiger partial charge in [-0.3, -0.25) is 4.79 Å². The molecule has 0 aromatic heterocycles. The predicted octanol–water partition coefficient (Wildman–Crippen LogP) is 1.59. The molecule has 1 atom stereocenters. The van der Waals surface area contributed by atoms with E-state index in [9.17, 15) is 4.79 Å². The Hall–Kier alpha value is -1.90. The van der Waals surface area contributed by atoms with Gasteiger partial charge in [-0.05, 0) is 56.1 Å². The van der Waals surface area contributed by atoms with Crippen LogP contribution < -0.4 is 5.32 Å². The summed E-state index contributed by atoms with van der Waals surface area (Å²) >= 11 is 0. The average molecular weight is 287 g/mol. The minimum absolute atomic E-state index is 0.00221. The zero-order valence-electron chi connectivity index (χ0n) is 12.1. The summed E-state index contributed by atoms with van der Waals surface area (Å²) in [7, 11) is 0. The second-order valence-corrected chi connectivity index (χ2v) is 5.48. The molecule has 5 nitrogen and oxygen atoms in total. The summed E-state index contributed by atoms with van der Waals surface area (Å²) in [6, 6.07) is 8.90. The van der Waals surface area contributed by atoms with Crippen molar-refractivity contribution >= 4 is 11.6 Å². The molecule has 0 spiro atoms. The van der Waals surface area contributed by atoms with Gasteiger partial charge in [-0.1, -0.05) is 0 Å². The largest absolute Gasteiger partial charge is 0.396 e. The Kier molecular flexibility index (Phi) is 5.73. The van der Waals surface area contributed by atoms with E-state index in [-0.39, 0.29) is 12.5 Å². The summed E-state index contributed by atoms with van der Waals surface area (Å²) < 4.78 is 0. The van der Waals surface area contributed by atoms with Gasteiger partial charge >= 0.3 is 0 Å². The molecule has 0 bridgehead atoms. The number of nitrogens with zero attached hydrogens (tertiary/aromatic N) is 2. The lowest BCUT2D eigenvalue weighted by Gasteiger charge is -2.15. The van der Waals surface area contributed by atoms with Crippen LogP contribution in [0.3, 0.4) is 0 Å². The van der Waals surface area contributed by atoms with Gasteiger partial charge in [0.1, 0.15) is 0 Å². The monoisotopic (exact) mass is 287 g/mol. The molecule has 1 aromatic carbocycles. The van der Waals surface area contributed by atoms with Crippen molar-refractivity contribution in [2.75, 3.05) is 31.6 Å². The van der Waals surface area contributed by atoms with Gasteiger partial charge in [-0.25, -0.2) is 0 Å². The maximum atomic E-state index is 11.8. The van der Waals surface area contributed by atoms with Crippen molar-refractivity contribution in [2.45, 2.75) is 19.3 Å². The summed E-state index contributed by atoms with van der Waals surface area (Å²) in [6.45, 7) is 3.11. The maximum absolute atomic E-state index is 11.8. The minimum atomic E-state index is -0.00221. The van der Waals surface area contributed by atoms with Gasteiger partial charge in [0.2, 0.25) is 5.91 Å². The lowest BCUT2D eigenvalue weighted by molar-refractivity contribution is -0.116. The van der Waals surface area contributed by atoms with E-state index in [1.54, 1.807) is 24.3 Å². The number of anilines is 1. The molecule has 0 radical (unpaired) electrons. The van der Waals surface area contributed by atoms with Gasteiger partial charge in [0.05, 0.1) is 11.6 Å². The van der Waals surface area contributed by atoms with Crippen LogP contribution in [0.4, 0.5) is 5.69 Å². The van der Waals surface area contributed by atoms with E-state index in [1.807, 2.05) is 6.07 Å². The molecular weight excluding hydrogens is 266 g/mol.